The maximum Gasteiger partial charge on any atom is 0.472 e. The van der Waals surface area contributed by atoms with Crippen LogP contribution in [0.1, 0.15) is 337 Å². The Morgan fingerprint density at radius 3 is 0.791 bits per heavy atom. The minimum Gasteiger partial charge on any atom is -0.462 e. The summed E-state index contributed by atoms with van der Waals surface area (Å²) in [6, 6.07) is 0. The van der Waals surface area contributed by atoms with Gasteiger partial charge in [-0.05, 0) is 37.5 Å². The lowest BCUT2D eigenvalue weighted by atomic mass is 10.0. The van der Waals surface area contributed by atoms with Crippen molar-refractivity contribution in [3.63, 3.8) is 0 Å². The van der Waals surface area contributed by atoms with Gasteiger partial charge < -0.3 is 33.8 Å². The van der Waals surface area contributed by atoms with Gasteiger partial charge in [-0.2, -0.15) is 0 Å². The molecular formula is C67H130O17P2. The van der Waals surface area contributed by atoms with Crippen LogP contribution in [0.2, 0.25) is 0 Å². The summed E-state index contributed by atoms with van der Waals surface area (Å²) in [6.07, 6.45) is 43.1. The van der Waals surface area contributed by atoms with E-state index in [1.54, 1.807) is 0 Å². The molecule has 510 valence electrons. The fraction of sp³-hybridized carbons (Fsp3) is 0.940. The smallest absolute Gasteiger partial charge is 0.462 e. The highest BCUT2D eigenvalue weighted by atomic mass is 31.2. The Balaban J connectivity index is 5.21. The Morgan fingerprint density at radius 1 is 0.314 bits per heavy atom. The van der Waals surface area contributed by atoms with Crippen LogP contribution in [-0.4, -0.2) is 96.7 Å². The fourth-order valence-corrected chi connectivity index (χ4v) is 11.6. The van der Waals surface area contributed by atoms with E-state index in [2.05, 4.69) is 41.5 Å². The first-order valence-corrected chi connectivity index (χ1v) is 38.0. The van der Waals surface area contributed by atoms with Crippen LogP contribution < -0.4 is 0 Å². The molecular weight excluding hydrogens is 1140 g/mol. The van der Waals surface area contributed by atoms with Gasteiger partial charge in [0, 0.05) is 25.7 Å². The SMILES string of the molecule is CCCCCCCCCCCCC(=O)O[C@H](COC(=O)CCCCCCCCC)COP(=O)(O)OC[C@H](O)COP(=O)(O)OC[C@@H](COC(=O)CCCCCCCCCCCCC(C)C)OC(=O)CCCCCCCCCCCCCCCC(C)C. The summed E-state index contributed by atoms with van der Waals surface area (Å²) >= 11 is 0. The van der Waals surface area contributed by atoms with Crippen molar-refractivity contribution in [1.29, 1.82) is 0 Å². The van der Waals surface area contributed by atoms with Crippen LogP contribution in [0.15, 0.2) is 0 Å². The lowest BCUT2D eigenvalue weighted by Gasteiger charge is -2.21. The Morgan fingerprint density at radius 2 is 0.535 bits per heavy atom. The van der Waals surface area contributed by atoms with Crippen molar-refractivity contribution < 1.29 is 80.2 Å². The van der Waals surface area contributed by atoms with Crippen LogP contribution in [0.3, 0.4) is 0 Å². The van der Waals surface area contributed by atoms with Crippen molar-refractivity contribution in [1.82, 2.24) is 0 Å². The normalized spacial score (nSPS) is 14.2. The molecule has 0 bridgehead atoms. The van der Waals surface area contributed by atoms with Crippen LogP contribution in [0.4, 0.5) is 0 Å². The highest BCUT2D eigenvalue weighted by Gasteiger charge is 2.30. The van der Waals surface area contributed by atoms with Gasteiger partial charge in [-0.3, -0.25) is 37.3 Å². The van der Waals surface area contributed by atoms with E-state index >= 15 is 0 Å². The number of carbonyl (C=O) groups excluding carboxylic acids is 4. The standard InChI is InChI=1S/C67H130O17P2/c1-7-9-11-13-15-16-26-33-39-45-51-66(71)83-62(55-77-64(69)49-43-37-29-14-12-10-8-2)57-81-85(73,74)79-53-61(68)54-80-86(75,76)82-58-63(56-78-65(70)50-44-38-32-27-23-22-25-31-36-42-48-60(5)6)84-67(72)52-46-40-34-28-21-19-17-18-20-24-30-35-41-47-59(3)4/h59-63,68H,7-58H2,1-6H3,(H,73,74)(H,75,76)/t61-,62+,63+/m0/s1. The van der Waals surface area contributed by atoms with E-state index in [-0.39, 0.29) is 25.7 Å². The van der Waals surface area contributed by atoms with Gasteiger partial charge in [0.2, 0.25) is 0 Å². The summed E-state index contributed by atoms with van der Waals surface area (Å²) in [4.78, 5) is 72.2. The van der Waals surface area contributed by atoms with Crippen molar-refractivity contribution in [2.75, 3.05) is 39.6 Å². The maximum absolute atomic E-state index is 13.0. The van der Waals surface area contributed by atoms with Crippen LogP contribution >= 0.6 is 15.6 Å². The largest absolute Gasteiger partial charge is 0.472 e. The van der Waals surface area contributed by atoms with Crippen molar-refractivity contribution in [2.24, 2.45) is 11.8 Å². The number of aliphatic hydroxyl groups excluding tert-OH is 1. The molecule has 5 atom stereocenters. The molecule has 0 saturated carbocycles. The van der Waals surface area contributed by atoms with Gasteiger partial charge in [0.15, 0.2) is 12.2 Å². The molecule has 0 amide bonds. The number of phosphoric ester groups is 2. The molecule has 86 heavy (non-hydrogen) atoms. The van der Waals surface area contributed by atoms with E-state index in [0.29, 0.717) is 25.7 Å². The molecule has 17 nitrogen and oxygen atoms in total. The van der Waals surface area contributed by atoms with Gasteiger partial charge in [0.1, 0.15) is 19.3 Å². The zero-order chi connectivity index (χ0) is 63.6. The molecule has 0 aliphatic heterocycles. The average Bonchev–Trinajstić information content (AvgIpc) is 3.66. The van der Waals surface area contributed by atoms with Gasteiger partial charge in [-0.25, -0.2) is 9.13 Å². The quantitative estimate of drug-likeness (QED) is 0.0222. The van der Waals surface area contributed by atoms with Crippen molar-refractivity contribution in [3.05, 3.63) is 0 Å². The lowest BCUT2D eigenvalue weighted by Crippen LogP contribution is -2.30. The first-order chi connectivity index (χ1) is 41.4. The molecule has 0 fully saturated rings. The average molecular weight is 1270 g/mol. The third-order valence-corrected chi connectivity index (χ3v) is 17.4. The van der Waals surface area contributed by atoms with Crippen LogP contribution in [0, 0.1) is 11.8 Å². The number of aliphatic hydroxyl groups is 1. The van der Waals surface area contributed by atoms with E-state index in [9.17, 15) is 43.2 Å². The van der Waals surface area contributed by atoms with E-state index in [1.807, 2.05) is 0 Å². The highest BCUT2D eigenvalue weighted by molar-refractivity contribution is 7.47. The van der Waals surface area contributed by atoms with Gasteiger partial charge in [0.05, 0.1) is 26.4 Å². The topological polar surface area (TPSA) is 237 Å². The van der Waals surface area contributed by atoms with Crippen LogP contribution in [0.5, 0.6) is 0 Å². The fourth-order valence-electron chi connectivity index (χ4n) is 10.1. The van der Waals surface area contributed by atoms with E-state index in [0.717, 1.165) is 115 Å². The molecule has 0 heterocycles. The molecule has 0 aliphatic rings. The van der Waals surface area contributed by atoms with Crippen molar-refractivity contribution in [3.8, 4) is 0 Å². The van der Waals surface area contributed by atoms with Crippen LogP contribution in [-0.2, 0) is 65.4 Å². The van der Waals surface area contributed by atoms with Gasteiger partial charge in [-0.15, -0.1) is 0 Å². The van der Waals surface area contributed by atoms with E-state index in [4.69, 9.17) is 37.0 Å². The molecule has 19 heteroatoms. The number of hydrogen-bond donors (Lipinski definition) is 3. The Labute approximate surface area is 524 Å². The zero-order valence-electron chi connectivity index (χ0n) is 55.6. The van der Waals surface area contributed by atoms with Gasteiger partial charge in [-0.1, -0.05) is 286 Å². The van der Waals surface area contributed by atoms with Crippen molar-refractivity contribution in [2.45, 2.75) is 355 Å². The van der Waals surface area contributed by atoms with E-state index in [1.165, 1.54) is 141 Å². The molecule has 0 aromatic carbocycles. The molecule has 2 unspecified atom stereocenters. The predicted octanol–water partition coefficient (Wildman–Crippen LogP) is 18.8. The summed E-state index contributed by atoms with van der Waals surface area (Å²) < 4.78 is 68.0. The molecule has 0 rings (SSSR count). The first kappa shape index (κ1) is 84.1. The Kier molecular flexibility index (Phi) is 58.0. The summed E-state index contributed by atoms with van der Waals surface area (Å²) in [5.74, 6) is -0.588. The number of unbranched alkanes of at least 4 members (excludes halogenated alkanes) is 36. The Bertz CT molecular complexity index is 1680. The number of phosphoric acid groups is 2. The molecule has 0 saturated heterocycles. The molecule has 0 aromatic heterocycles. The van der Waals surface area contributed by atoms with Crippen LogP contribution in [0.25, 0.3) is 0 Å². The summed E-state index contributed by atoms with van der Waals surface area (Å²) in [6.45, 7) is 9.49. The Hall–Kier alpha value is -1.94. The third-order valence-electron chi connectivity index (χ3n) is 15.5. The summed E-state index contributed by atoms with van der Waals surface area (Å²) in [5.41, 5.74) is 0. The zero-order valence-corrected chi connectivity index (χ0v) is 57.4. The first-order valence-electron chi connectivity index (χ1n) is 35.0. The second-order valence-electron chi connectivity index (χ2n) is 25.2. The second-order valence-corrected chi connectivity index (χ2v) is 28.1. The maximum atomic E-state index is 13.0. The van der Waals surface area contributed by atoms with Crippen molar-refractivity contribution >= 4 is 39.5 Å². The van der Waals surface area contributed by atoms with Gasteiger partial charge in [0.25, 0.3) is 0 Å². The number of rotatable bonds is 66. The molecule has 0 radical (unpaired) electrons. The lowest BCUT2D eigenvalue weighted by molar-refractivity contribution is -0.161. The summed E-state index contributed by atoms with van der Waals surface area (Å²) in [7, 11) is -9.89. The molecule has 0 spiro atoms. The minimum absolute atomic E-state index is 0.106. The number of hydrogen-bond acceptors (Lipinski definition) is 15. The summed E-state index contributed by atoms with van der Waals surface area (Å²) in [5, 5.41) is 10.5. The number of esters is 4. The molecule has 0 aliphatic carbocycles. The van der Waals surface area contributed by atoms with E-state index < -0.39 is 97.5 Å². The highest BCUT2D eigenvalue weighted by Crippen LogP contribution is 2.45. The monoisotopic (exact) mass is 1270 g/mol. The third kappa shape index (κ3) is 60.9. The molecule has 0 aromatic rings. The number of carbonyl (C=O) groups is 4. The second kappa shape index (κ2) is 59.4. The minimum atomic E-state index is -4.95. The number of ether oxygens (including phenoxy) is 4. The van der Waals surface area contributed by atoms with Gasteiger partial charge >= 0.3 is 39.5 Å². The predicted molar refractivity (Wildman–Crippen MR) is 345 cm³/mol. The molecule has 3 N–H and O–H groups in total.